The van der Waals surface area contributed by atoms with E-state index in [-0.39, 0.29) is 11.8 Å². The molecule has 1 aliphatic carbocycles. The van der Waals surface area contributed by atoms with Crippen LogP contribution in [0.15, 0.2) is 0 Å². The second-order valence-electron chi connectivity index (χ2n) is 6.93. The van der Waals surface area contributed by atoms with E-state index < -0.39 is 10.0 Å². The smallest absolute Gasteiger partial charge is 0.211 e. The number of carbonyl (C=O) groups excluding carboxylic acids is 1. The van der Waals surface area contributed by atoms with E-state index >= 15 is 0 Å². The lowest BCUT2D eigenvalue weighted by Crippen LogP contribution is -2.40. The molecule has 2 aliphatic rings. The molecule has 0 aromatic heterocycles. The average Bonchev–Trinajstić information content (AvgIpc) is 2.47. The largest absolute Gasteiger partial charge is 0.299 e. The number of Topliss-reactive ketones (excluding diaryl/α,β-unsaturated/α-hetero) is 1. The van der Waals surface area contributed by atoms with Gasteiger partial charge in [-0.05, 0) is 50.4 Å². The van der Waals surface area contributed by atoms with E-state index in [2.05, 4.69) is 6.92 Å². The van der Waals surface area contributed by atoms with Crippen LogP contribution in [0.25, 0.3) is 0 Å². The first kappa shape index (κ1) is 16.9. The minimum atomic E-state index is -3.11. The topological polar surface area (TPSA) is 54.5 Å². The van der Waals surface area contributed by atoms with Crippen LogP contribution in [0.4, 0.5) is 0 Å². The van der Waals surface area contributed by atoms with Gasteiger partial charge in [0.2, 0.25) is 10.0 Å². The highest BCUT2D eigenvalue weighted by atomic mass is 32.2. The van der Waals surface area contributed by atoms with E-state index in [1.807, 2.05) is 0 Å². The van der Waals surface area contributed by atoms with Crippen LogP contribution in [-0.4, -0.2) is 37.9 Å². The third-order valence-corrected chi connectivity index (χ3v) is 6.59. The maximum absolute atomic E-state index is 12.4. The first-order chi connectivity index (χ1) is 9.90. The summed E-state index contributed by atoms with van der Waals surface area (Å²) in [6.07, 6.45) is 9.40. The number of ketones is 1. The Morgan fingerprint density at radius 1 is 1.10 bits per heavy atom. The van der Waals surface area contributed by atoms with Crippen molar-refractivity contribution in [3.05, 3.63) is 0 Å². The zero-order chi connectivity index (χ0) is 15.5. The summed E-state index contributed by atoms with van der Waals surface area (Å²) in [7, 11) is -3.11. The van der Waals surface area contributed by atoms with Gasteiger partial charge in [0.25, 0.3) is 0 Å². The lowest BCUT2D eigenvalue weighted by atomic mass is 9.77. The molecule has 21 heavy (non-hydrogen) atoms. The fourth-order valence-corrected chi connectivity index (χ4v) is 4.78. The summed E-state index contributed by atoms with van der Waals surface area (Å²) in [4.78, 5) is 12.4. The molecule has 1 aliphatic heterocycles. The molecule has 2 rings (SSSR count). The molecule has 1 heterocycles. The monoisotopic (exact) mass is 315 g/mol. The minimum absolute atomic E-state index is 0.227. The van der Waals surface area contributed by atoms with E-state index in [1.54, 1.807) is 4.31 Å². The van der Waals surface area contributed by atoms with Gasteiger partial charge < -0.3 is 0 Å². The molecule has 122 valence electrons. The first-order valence-corrected chi connectivity index (χ1v) is 10.2. The maximum Gasteiger partial charge on any atom is 0.211 e. The fourth-order valence-electron chi connectivity index (χ4n) is 3.84. The Morgan fingerprint density at radius 2 is 1.76 bits per heavy atom. The molecule has 2 fully saturated rings. The Hall–Kier alpha value is -0.420. The highest BCUT2D eigenvalue weighted by Gasteiger charge is 2.30. The molecule has 1 saturated heterocycles. The van der Waals surface area contributed by atoms with Crippen molar-refractivity contribution in [2.24, 2.45) is 17.8 Å². The molecule has 1 saturated carbocycles. The molecule has 0 radical (unpaired) electrons. The van der Waals surface area contributed by atoms with Crippen molar-refractivity contribution in [2.75, 3.05) is 19.3 Å². The number of rotatable bonds is 5. The standard InChI is InChI=1S/C16H29NO3S/c1-3-13-6-8-15(9-7-13)16(18)11-14-5-4-10-17(12-14)21(2,19)20/h13-15H,3-12H2,1-2H3. The van der Waals surface area contributed by atoms with Gasteiger partial charge in [0.1, 0.15) is 5.78 Å². The summed E-state index contributed by atoms with van der Waals surface area (Å²) >= 11 is 0. The molecule has 0 aromatic carbocycles. The van der Waals surface area contributed by atoms with Gasteiger partial charge in [-0.2, -0.15) is 0 Å². The molecule has 1 unspecified atom stereocenters. The molecule has 1 atom stereocenters. The Kier molecular flexibility index (Phi) is 5.83. The van der Waals surface area contributed by atoms with E-state index in [0.29, 0.717) is 25.3 Å². The highest BCUT2D eigenvalue weighted by Crippen LogP contribution is 2.33. The van der Waals surface area contributed by atoms with Crippen LogP contribution in [0.1, 0.15) is 58.3 Å². The summed E-state index contributed by atoms with van der Waals surface area (Å²) in [5.41, 5.74) is 0. The number of sulfonamides is 1. The van der Waals surface area contributed by atoms with Gasteiger partial charge in [-0.1, -0.05) is 13.3 Å². The van der Waals surface area contributed by atoms with Gasteiger partial charge in [-0.25, -0.2) is 12.7 Å². The van der Waals surface area contributed by atoms with Crippen molar-refractivity contribution in [3.8, 4) is 0 Å². The van der Waals surface area contributed by atoms with Crippen molar-refractivity contribution in [2.45, 2.75) is 58.3 Å². The Balaban J connectivity index is 1.83. The molecular weight excluding hydrogens is 286 g/mol. The second kappa shape index (κ2) is 7.23. The number of carbonyl (C=O) groups is 1. The van der Waals surface area contributed by atoms with Gasteiger partial charge >= 0.3 is 0 Å². The zero-order valence-corrected chi connectivity index (χ0v) is 14.2. The minimum Gasteiger partial charge on any atom is -0.299 e. The van der Waals surface area contributed by atoms with E-state index in [4.69, 9.17) is 0 Å². The van der Waals surface area contributed by atoms with Crippen molar-refractivity contribution in [1.82, 2.24) is 4.31 Å². The van der Waals surface area contributed by atoms with Crippen molar-refractivity contribution in [1.29, 1.82) is 0 Å². The molecule has 0 N–H and O–H groups in total. The van der Waals surface area contributed by atoms with Gasteiger partial charge in [0, 0.05) is 25.4 Å². The number of hydrogen-bond donors (Lipinski definition) is 0. The predicted molar refractivity (Wildman–Crippen MR) is 84.5 cm³/mol. The first-order valence-electron chi connectivity index (χ1n) is 8.38. The molecular formula is C16H29NO3S. The third-order valence-electron chi connectivity index (χ3n) is 5.32. The van der Waals surface area contributed by atoms with Crippen LogP contribution in [0.5, 0.6) is 0 Å². The highest BCUT2D eigenvalue weighted by molar-refractivity contribution is 7.88. The lowest BCUT2D eigenvalue weighted by Gasteiger charge is -2.32. The zero-order valence-electron chi connectivity index (χ0n) is 13.4. The second-order valence-corrected chi connectivity index (χ2v) is 8.91. The van der Waals surface area contributed by atoms with Crippen molar-refractivity contribution < 1.29 is 13.2 Å². The van der Waals surface area contributed by atoms with Crippen LogP contribution in [-0.2, 0) is 14.8 Å². The Morgan fingerprint density at radius 3 is 2.33 bits per heavy atom. The average molecular weight is 315 g/mol. The SMILES string of the molecule is CCC1CCC(C(=O)CC2CCCN(S(C)(=O)=O)C2)CC1. The summed E-state index contributed by atoms with van der Waals surface area (Å²) < 4.78 is 24.8. The summed E-state index contributed by atoms with van der Waals surface area (Å²) in [6, 6.07) is 0. The van der Waals surface area contributed by atoms with E-state index in [9.17, 15) is 13.2 Å². The molecule has 0 amide bonds. The number of nitrogens with zero attached hydrogens (tertiary/aromatic N) is 1. The normalized spacial score (nSPS) is 32.0. The van der Waals surface area contributed by atoms with Crippen molar-refractivity contribution >= 4 is 15.8 Å². The van der Waals surface area contributed by atoms with E-state index in [1.165, 1.54) is 25.5 Å². The fraction of sp³-hybridized carbons (Fsp3) is 0.938. The summed E-state index contributed by atoms with van der Waals surface area (Å²) in [6.45, 7) is 3.38. The third kappa shape index (κ3) is 4.78. The van der Waals surface area contributed by atoms with Gasteiger partial charge in [-0.15, -0.1) is 0 Å². The lowest BCUT2D eigenvalue weighted by molar-refractivity contribution is -0.125. The van der Waals surface area contributed by atoms with Crippen LogP contribution in [0, 0.1) is 17.8 Å². The van der Waals surface area contributed by atoms with E-state index in [0.717, 1.165) is 31.6 Å². The van der Waals surface area contributed by atoms with Crippen LogP contribution in [0.2, 0.25) is 0 Å². The number of piperidine rings is 1. The Bertz CT molecular complexity index is 452. The predicted octanol–water partition coefficient (Wildman–Crippen LogP) is 2.83. The van der Waals surface area contributed by atoms with Gasteiger partial charge in [0.05, 0.1) is 6.26 Å². The molecule has 0 aromatic rings. The quantitative estimate of drug-likeness (QED) is 0.784. The molecule has 5 heteroatoms. The summed E-state index contributed by atoms with van der Waals surface area (Å²) in [5.74, 6) is 1.65. The van der Waals surface area contributed by atoms with Crippen LogP contribution in [0.3, 0.4) is 0 Å². The van der Waals surface area contributed by atoms with Gasteiger partial charge in [-0.3, -0.25) is 4.79 Å². The van der Waals surface area contributed by atoms with Crippen LogP contribution < -0.4 is 0 Å². The molecule has 0 bridgehead atoms. The van der Waals surface area contributed by atoms with Crippen molar-refractivity contribution in [3.63, 3.8) is 0 Å². The number of hydrogen-bond acceptors (Lipinski definition) is 3. The summed E-state index contributed by atoms with van der Waals surface area (Å²) in [5, 5.41) is 0. The van der Waals surface area contributed by atoms with Gasteiger partial charge in [0.15, 0.2) is 0 Å². The molecule has 4 nitrogen and oxygen atoms in total. The Labute approximate surface area is 129 Å². The van der Waals surface area contributed by atoms with Crippen LogP contribution >= 0.6 is 0 Å². The molecule has 0 spiro atoms. The maximum atomic E-state index is 12.4.